The van der Waals surface area contributed by atoms with Crippen molar-refractivity contribution in [3.8, 4) is 17.4 Å². The molecule has 7 heteroatoms. The van der Waals surface area contributed by atoms with Gasteiger partial charge < -0.3 is 10.1 Å². The number of nitrogens with zero attached hydrogens (tertiary/aromatic N) is 4. The largest absolute Gasteiger partial charge is 0.480 e. The quantitative estimate of drug-likeness (QED) is 0.903. The molecule has 20 heavy (non-hydrogen) atoms. The Morgan fingerprint density at radius 1 is 1.25 bits per heavy atom. The predicted molar refractivity (Wildman–Crippen MR) is 73.1 cm³/mol. The highest BCUT2D eigenvalue weighted by molar-refractivity contribution is 5.53. The molecule has 0 saturated carbocycles. The molecule has 0 aliphatic heterocycles. The van der Waals surface area contributed by atoms with Crippen LogP contribution in [-0.4, -0.2) is 33.8 Å². The first-order valence-electron chi connectivity index (χ1n) is 6.31. The molecule has 2 aromatic heterocycles. The number of hydrogen-bond acceptors (Lipinski definition) is 6. The summed E-state index contributed by atoms with van der Waals surface area (Å²) in [6, 6.07) is 3.34. The number of nitrogens with one attached hydrogen (secondary N) is 1. The van der Waals surface area contributed by atoms with Crippen LogP contribution in [0.5, 0.6) is 5.88 Å². The lowest BCUT2D eigenvalue weighted by Crippen LogP contribution is -2.08. The van der Waals surface area contributed by atoms with Gasteiger partial charge >= 0.3 is 0 Å². The highest BCUT2D eigenvalue weighted by Crippen LogP contribution is 2.20. The van der Waals surface area contributed by atoms with Crippen molar-refractivity contribution in [2.24, 2.45) is 0 Å². The molecule has 0 aliphatic rings. The molecule has 2 aromatic rings. The normalized spacial score (nSPS) is 10.4. The van der Waals surface area contributed by atoms with E-state index in [4.69, 9.17) is 4.74 Å². The van der Waals surface area contributed by atoms with Gasteiger partial charge in [0.25, 0.3) is 0 Å². The molecule has 0 aromatic carbocycles. The first-order valence-corrected chi connectivity index (χ1v) is 6.31. The number of anilines is 1. The summed E-state index contributed by atoms with van der Waals surface area (Å²) in [5.74, 6) is 0.477. The van der Waals surface area contributed by atoms with E-state index in [9.17, 15) is 4.39 Å². The maximum absolute atomic E-state index is 13.9. The highest BCUT2D eigenvalue weighted by Gasteiger charge is 2.13. The van der Waals surface area contributed by atoms with E-state index in [0.29, 0.717) is 23.9 Å². The summed E-state index contributed by atoms with van der Waals surface area (Å²) in [5.41, 5.74) is 0.736. The lowest BCUT2D eigenvalue weighted by Gasteiger charge is -2.09. The topological polar surface area (TPSA) is 72.8 Å². The number of hydrogen-bond donors (Lipinski definition) is 1. The van der Waals surface area contributed by atoms with Crippen molar-refractivity contribution in [2.45, 2.75) is 20.3 Å². The molecule has 0 amide bonds. The van der Waals surface area contributed by atoms with Crippen LogP contribution in [0.4, 0.5) is 10.2 Å². The average molecular weight is 277 g/mol. The van der Waals surface area contributed by atoms with Gasteiger partial charge in [0.1, 0.15) is 5.69 Å². The summed E-state index contributed by atoms with van der Waals surface area (Å²) >= 11 is 0. The monoisotopic (exact) mass is 277 g/mol. The third kappa shape index (κ3) is 2.98. The minimum absolute atomic E-state index is 0.187. The summed E-state index contributed by atoms with van der Waals surface area (Å²) in [4.78, 5) is 8.25. The maximum atomic E-state index is 13.9. The molecule has 1 N–H and O–H groups in total. The third-order valence-corrected chi connectivity index (χ3v) is 2.64. The van der Waals surface area contributed by atoms with Crippen molar-refractivity contribution in [1.29, 1.82) is 0 Å². The van der Waals surface area contributed by atoms with E-state index >= 15 is 0 Å². The predicted octanol–water partition coefficient (Wildman–Crippen LogP) is 2.21. The molecule has 2 rings (SSSR count). The summed E-state index contributed by atoms with van der Waals surface area (Å²) in [6.45, 7) is 4.23. The van der Waals surface area contributed by atoms with Gasteiger partial charge in [0.05, 0.1) is 12.8 Å². The fraction of sp³-hybridized carbons (Fsp3) is 0.385. The van der Waals surface area contributed by atoms with E-state index in [0.717, 1.165) is 6.42 Å². The third-order valence-electron chi connectivity index (χ3n) is 2.64. The standard InChI is InChI=1S/C13H16FN5O/c1-4-7-15-13-11(14)8(2)16-12(17-13)9-5-6-10(20-3)19-18-9/h5-6H,4,7H2,1-3H3,(H,15,16,17). The molecule has 0 bridgehead atoms. The molecule has 0 spiro atoms. The second kappa shape index (κ2) is 6.23. The average Bonchev–Trinajstić information content (AvgIpc) is 2.48. The van der Waals surface area contributed by atoms with Crippen LogP contribution in [0.2, 0.25) is 0 Å². The van der Waals surface area contributed by atoms with Gasteiger partial charge in [-0.3, -0.25) is 0 Å². The zero-order valence-electron chi connectivity index (χ0n) is 11.6. The molecule has 0 aliphatic carbocycles. The van der Waals surface area contributed by atoms with Gasteiger partial charge in [0.2, 0.25) is 5.88 Å². The van der Waals surface area contributed by atoms with Gasteiger partial charge in [0.15, 0.2) is 17.5 Å². The second-order valence-corrected chi connectivity index (χ2v) is 4.18. The van der Waals surface area contributed by atoms with Crippen LogP contribution < -0.4 is 10.1 Å². The molecule has 0 fully saturated rings. The van der Waals surface area contributed by atoms with Crippen molar-refractivity contribution in [3.05, 3.63) is 23.6 Å². The number of methoxy groups -OCH3 is 1. The van der Waals surface area contributed by atoms with Gasteiger partial charge in [-0.25, -0.2) is 14.4 Å². The van der Waals surface area contributed by atoms with Crippen LogP contribution in [0.3, 0.4) is 0 Å². The molecule has 0 atom stereocenters. The molecule has 6 nitrogen and oxygen atoms in total. The van der Waals surface area contributed by atoms with E-state index in [1.165, 1.54) is 7.11 Å². The minimum atomic E-state index is -0.441. The SMILES string of the molecule is CCCNc1nc(-c2ccc(OC)nn2)nc(C)c1F. The Balaban J connectivity index is 2.37. The number of halogens is 1. The van der Waals surface area contributed by atoms with E-state index in [2.05, 4.69) is 25.5 Å². The minimum Gasteiger partial charge on any atom is -0.480 e. The van der Waals surface area contributed by atoms with Crippen LogP contribution in [0.1, 0.15) is 19.0 Å². The Kier molecular flexibility index (Phi) is 4.39. The van der Waals surface area contributed by atoms with Gasteiger partial charge in [-0.05, 0) is 19.4 Å². The lowest BCUT2D eigenvalue weighted by atomic mass is 10.3. The van der Waals surface area contributed by atoms with Crippen LogP contribution in [0, 0.1) is 12.7 Å². The molecule has 2 heterocycles. The smallest absolute Gasteiger partial charge is 0.233 e. The maximum Gasteiger partial charge on any atom is 0.233 e. The Hall–Kier alpha value is -2.31. The number of rotatable bonds is 5. The van der Waals surface area contributed by atoms with Gasteiger partial charge in [0, 0.05) is 12.6 Å². The summed E-state index contributed by atoms with van der Waals surface area (Å²) in [7, 11) is 1.51. The first kappa shape index (κ1) is 14.1. The van der Waals surface area contributed by atoms with Gasteiger partial charge in [-0.15, -0.1) is 10.2 Å². The number of ether oxygens (including phenoxy) is 1. The lowest BCUT2D eigenvalue weighted by molar-refractivity contribution is 0.392. The van der Waals surface area contributed by atoms with Crippen molar-refractivity contribution < 1.29 is 9.13 Å². The Labute approximate surface area is 116 Å². The van der Waals surface area contributed by atoms with E-state index in [1.54, 1.807) is 19.1 Å². The van der Waals surface area contributed by atoms with Gasteiger partial charge in [-0.2, -0.15) is 0 Å². The van der Waals surface area contributed by atoms with E-state index < -0.39 is 5.82 Å². The fourth-order valence-corrected chi connectivity index (χ4v) is 1.58. The molecular formula is C13H16FN5O. The molecule has 0 unspecified atom stereocenters. The van der Waals surface area contributed by atoms with E-state index in [1.807, 2.05) is 6.92 Å². The summed E-state index contributed by atoms with van der Waals surface area (Å²) in [5, 5.41) is 10.7. The first-order chi connectivity index (χ1) is 9.65. The van der Waals surface area contributed by atoms with Crippen LogP contribution >= 0.6 is 0 Å². The van der Waals surface area contributed by atoms with Crippen LogP contribution in [0.25, 0.3) is 11.5 Å². The second-order valence-electron chi connectivity index (χ2n) is 4.18. The summed E-state index contributed by atoms with van der Waals surface area (Å²) < 4.78 is 18.8. The molecule has 0 radical (unpaired) electrons. The van der Waals surface area contributed by atoms with Crippen LogP contribution in [-0.2, 0) is 0 Å². The zero-order valence-corrected chi connectivity index (χ0v) is 11.6. The van der Waals surface area contributed by atoms with Crippen LogP contribution in [0.15, 0.2) is 12.1 Å². The number of aromatic nitrogens is 4. The molecule has 0 saturated heterocycles. The Morgan fingerprint density at radius 2 is 2.05 bits per heavy atom. The Bertz CT molecular complexity index is 588. The van der Waals surface area contributed by atoms with E-state index in [-0.39, 0.29) is 11.5 Å². The number of aryl methyl sites for hydroxylation is 1. The van der Waals surface area contributed by atoms with Gasteiger partial charge in [-0.1, -0.05) is 6.92 Å². The summed E-state index contributed by atoms with van der Waals surface area (Å²) in [6.07, 6.45) is 0.875. The van der Waals surface area contributed by atoms with Crippen molar-refractivity contribution in [1.82, 2.24) is 20.2 Å². The molecular weight excluding hydrogens is 261 g/mol. The highest BCUT2D eigenvalue weighted by atomic mass is 19.1. The molecule has 106 valence electrons. The Morgan fingerprint density at radius 3 is 2.65 bits per heavy atom. The van der Waals surface area contributed by atoms with Crippen molar-refractivity contribution in [3.63, 3.8) is 0 Å². The fourth-order valence-electron chi connectivity index (χ4n) is 1.58. The van der Waals surface area contributed by atoms with Crippen molar-refractivity contribution >= 4 is 5.82 Å². The zero-order chi connectivity index (χ0) is 14.5. The van der Waals surface area contributed by atoms with Crippen molar-refractivity contribution in [2.75, 3.05) is 19.0 Å².